The summed E-state index contributed by atoms with van der Waals surface area (Å²) in [4.78, 5) is 23.4. The minimum atomic E-state index is -0.670. The maximum Gasteiger partial charge on any atom is 0.272 e. The summed E-state index contributed by atoms with van der Waals surface area (Å²) in [7, 11) is 0. The van der Waals surface area contributed by atoms with E-state index >= 15 is 0 Å². The number of nitrogens with two attached hydrogens (primary N) is 1. The molecule has 0 aliphatic carbocycles. The summed E-state index contributed by atoms with van der Waals surface area (Å²) < 4.78 is 0. The van der Waals surface area contributed by atoms with Gasteiger partial charge in [-0.05, 0) is 17.9 Å². The number of carbonyl (C=O) groups is 2. The van der Waals surface area contributed by atoms with E-state index in [1.165, 1.54) is 0 Å². The van der Waals surface area contributed by atoms with Gasteiger partial charge < -0.3 is 11.1 Å². The first-order valence-corrected chi connectivity index (χ1v) is 6.52. The lowest BCUT2D eigenvalue weighted by molar-refractivity contribution is -0.120. The Balaban J connectivity index is 2.79. The van der Waals surface area contributed by atoms with Crippen LogP contribution < -0.4 is 11.1 Å². The Bertz CT molecular complexity index is 453. The summed E-state index contributed by atoms with van der Waals surface area (Å²) in [6.07, 6.45) is 0.756. The normalized spacial score (nSPS) is 14.2. The van der Waals surface area contributed by atoms with Crippen LogP contribution in [0, 0.1) is 5.92 Å². The second kappa shape index (κ2) is 6.36. The molecule has 0 saturated carbocycles. The Morgan fingerprint density at radius 2 is 2.05 bits per heavy atom. The summed E-state index contributed by atoms with van der Waals surface area (Å²) in [5, 5.41) is 9.39. The summed E-state index contributed by atoms with van der Waals surface area (Å²) in [5.74, 6) is -0.657. The van der Waals surface area contributed by atoms with Gasteiger partial charge in [-0.3, -0.25) is 14.7 Å². The van der Waals surface area contributed by atoms with Crippen molar-refractivity contribution in [2.24, 2.45) is 11.7 Å². The zero-order chi connectivity index (χ0) is 14.6. The van der Waals surface area contributed by atoms with Crippen LogP contribution in [-0.2, 0) is 4.79 Å². The SMILES string of the molecule is CCC(C)C(NC(=O)c1cc(C(C)C)[nH]n1)C(N)=O. The van der Waals surface area contributed by atoms with Crippen molar-refractivity contribution in [3.05, 3.63) is 17.5 Å². The number of primary amides is 1. The van der Waals surface area contributed by atoms with Gasteiger partial charge in [-0.1, -0.05) is 34.1 Å². The van der Waals surface area contributed by atoms with Gasteiger partial charge in [0.1, 0.15) is 11.7 Å². The van der Waals surface area contributed by atoms with Crippen molar-refractivity contribution in [1.82, 2.24) is 15.5 Å². The molecule has 0 bridgehead atoms. The third kappa shape index (κ3) is 3.81. The van der Waals surface area contributed by atoms with E-state index in [1.54, 1.807) is 6.07 Å². The highest BCUT2D eigenvalue weighted by atomic mass is 16.2. The third-order valence-corrected chi connectivity index (χ3v) is 3.26. The first kappa shape index (κ1) is 15.2. The van der Waals surface area contributed by atoms with E-state index < -0.39 is 11.9 Å². The smallest absolute Gasteiger partial charge is 0.272 e. The molecule has 6 heteroatoms. The molecule has 0 spiro atoms. The molecule has 0 aliphatic rings. The van der Waals surface area contributed by atoms with Gasteiger partial charge in [0.25, 0.3) is 5.91 Å². The Hall–Kier alpha value is -1.85. The predicted octanol–water partition coefficient (Wildman–Crippen LogP) is 1.16. The average Bonchev–Trinajstić information content (AvgIpc) is 2.84. The molecule has 1 aromatic rings. The standard InChI is InChI=1S/C13H22N4O2/c1-5-8(4)11(12(14)18)15-13(19)10-6-9(7(2)3)16-17-10/h6-8,11H,5H2,1-4H3,(H2,14,18)(H,15,19)(H,16,17). The highest BCUT2D eigenvalue weighted by Crippen LogP contribution is 2.13. The maximum absolute atomic E-state index is 12.0. The van der Waals surface area contributed by atoms with Gasteiger partial charge in [0.15, 0.2) is 0 Å². The molecule has 0 aromatic carbocycles. The fourth-order valence-electron chi connectivity index (χ4n) is 1.69. The van der Waals surface area contributed by atoms with Crippen molar-refractivity contribution in [2.45, 2.75) is 46.1 Å². The third-order valence-electron chi connectivity index (χ3n) is 3.26. The number of rotatable bonds is 6. The molecule has 0 radical (unpaired) electrons. The van der Waals surface area contributed by atoms with Crippen molar-refractivity contribution in [3.63, 3.8) is 0 Å². The zero-order valence-corrected chi connectivity index (χ0v) is 11.9. The van der Waals surface area contributed by atoms with Crippen molar-refractivity contribution in [3.8, 4) is 0 Å². The van der Waals surface area contributed by atoms with Crippen LogP contribution in [0.1, 0.15) is 56.2 Å². The molecule has 1 heterocycles. The molecule has 2 amide bonds. The van der Waals surface area contributed by atoms with E-state index in [-0.39, 0.29) is 23.4 Å². The number of nitrogens with one attached hydrogen (secondary N) is 2. The molecule has 2 atom stereocenters. The molecular weight excluding hydrogens is 244 g/mol. The van der Waals surface area contributed by atoms with Gasteiger partial charge in [-0.2, -0.15) is 5.10 Å². The van der Waals surface area contributed by atoms with Crippen LogP contribution in [-0.4, -0.2) is 28.1 Å². The number of nitrogens with zero attached hydrogens (tertiary/aromatic N) is 1. The van der Waals surface area contributed by atoms with Crippen LogP contribution >= 0.6 is 0 Å². The first-order chi connectivity index (χ1) is 8.86. The zero-order valence-electron chi connectivity index (χ0n) is 11.9. The summed E-state index contributed by atoms with van der Waals surface area (Å²) in [5.41, 5.74) is 6.47. The number of aromatic amines is 1. The number of hydrogen-bond donors (Lipinski definition) is 3. The number of hydrogen-bond acceptors (Lipinski definition) is 3. The van der Waals surface area contributed by atoms with Gasteiger partial charge in [0.2, 0.25) is 5.91 Å². The lowest BCUT2D eigenvalue weighted by atomic mass is 9.98. The number of H-pyrrole nitrogens is 1. The Morgan fingerprint density at radius 3 is 2.47 bits per heavy atom. The van der Waals surface area contributed by atoms with Crippen LogP contribution in [0.25, 0.3) is 0 Å². The van der Waals surface area contributed by atoms with Crippen LogP contribution in [0.2, 0.25) is 0 Å². The van der Waals surface area contributed by atoms with E-state index in [2.05, 4.69) is 15.5 Å². The predicted molar refractivity (Wildman–Crippen MR) is 72.6 cm³/mol. The van der Waals surface area contributed by atoms with E-state index in [9.17, 15) is 9.59 Å². The lowest BCUT2D eigenvalue weighted by Gasteiger charge is -2.20. The molecule has 0 saturated heterocycles. The van der Waals surface area contributed by atoms with Gasteiger partial charge in [0, 0.05) is 5.69 Å². The monoisotopic (exact) mass is 266 g/mol. The quantitative estimate of drug-likeness (QED) is 0.720. The van der Waals surface area contributed by atoms with Crippen molar-refractivity contribution < 1.29 is 9.59 Å². The van der Waals surface area contributed by atoms with E-state index in [0.29, 0.717) is 0 Å². The van der Waals surface area contributed by atoms with Crippen LogP contribution in [0.5, 0.6) is 0 Å². The summed E-state index contributed by atoms with van der Waals surface area (Å²) >= 11 is 0. The topological polar surface area (TPSA) is 101 Å². The van der Waals surface area contributed by atoms with E-state index in [4.69, 9.17) is 5.73 Å². The Morgan fingerprint density at radius 1 is 1.42 bits per heavy atom. The summed E-state index contributed by atoms with van der Waals surface area (Å²) in [6, 6.07) is 1.02. The molecule has 0 aliphatic heterocycles. The lowest BCUT2D eigenvalue weighted by Crippen LogP contribution is -2.48. The fourth-order valence-corrected chi connectivity index (χ4v) is 1.69. The molecule has 106 valence electrons. The minimum Gasteiger partial charge on any atom is -0.368 e. The molecule has 2 unspecified atom stereocenters. The highest BCUT2D eigenvalue weighted by molar-refractivity contribution is 5.95. The van der Waals surface area contributed by atoms with Gasteiger partial charge in [-0.15, -0.1) is 0 Å². The molecule has 19 heavy (non-hydrogen) atoms. The number of amides is 2. The number of aromatic nitrogens is 2. The van der Waals surface area contributed by atoms with E-state index in [1.807, 2.05) is 27.7 Å². The second-order valence-electron chi connectivity index (χ2n) is 5.10. The second-order valence-corrected chi connectivity index (χ2v) is 5.10. The molecule has 1 aromatic heterocycles. The number of carbonyl (C=O) groups excluding carboxylic acids is 2. The maximum atomic E-state index is 12.0. The average molecular weight is 266 g/mol. The van der Waals surface area contributed by atoms with E-state index in [0.717, 1.165) is 12.1 Å². The largest absolute Gasteiger partial charge is 0.368 e. The minimum absolute atomic E-state index is 0.00930. The van der Waals surface area contributed by atoms with Crippen molar-refractivity contribution in [1.29, 1.82) is 0 Å². The van der Waals surface area contributed by atoms with Gasteiger partial charge >= 0.3 is 0 Å². The van der Waals surface area contributed by atoms with Crippen LogP contribution in [0.15, 0.2) is 6.07 Å². The van der Waals surface area contributed by atoms with Crippen LogP contribution in [0.3, 0.4) is 0 Å². The fraction of sp³-hybridized carbons (Fsp3) is 0.615. The van der Waals surface area contributed by atoms with Crippen molar-refractivity contribution >= 4 is 11.8 Å². The van der Waals surface area contributed by atoms with Gasteiger partial charge in [-0.25, -0.2) is 0 Å². The van der Waals surface area contributed by atoms with Crippen LogP contribution in [0.4, 0.5) is 0 Å². The molecular formula is C13H22N4O2. The Labute approximate surface area is 113 Å². The summed E-state index contributed by atoms with van der Waals surface area (Å²) in [6.45, 7) is 7.82. The molecule has 6 nitrogen and oxygen atoms in total. The van der Waals surface area contributed by atoms with Crippen molar-refractivity contribution in [2.75, 3.05) is 0 Å². The molecule has 1 rings (SSSR count). The molecule has 4 N–H and O–H groups in total. The van der Waals surface area contributed by atoms with Gasteiger partial charge in [0.05, 0.1) is 0 Å². The Kier molecular flexibility index (Phi) is 5.09. The highest BCUT2D eigenvalue weighted by Gasteiger charge is 2.25. The first-order valence-electron chi connectivity index (χ1n) is 6.52. The molecule has 0 fully saturated rings.